The number of carbonyl (C=O) groups excluding carboxylic acids is 3. The third kappa shape index (κ3) is 6.67. The van der Waals surface area contributed by atoms with Gasteiger partial charge in [0.25, 0.3) is 0 Å². The number of carbonyl (C=O) groups is 4. The normalized spacial score (nSPS) is 13.6. The minimum absolute atomic E-state index is 0.111. The molecule has 3 atom stereocenters. The van der Waals surface area contributed by atoms with Crippen LogP contribution in [0.4, 0.5) is 0 Å². The lowest BCUT2D eigenvalue weighted by molar-refractivity contribution is -0.143. The number of rotatable bonds is 12. The molecule has 0 spiro atoms. The maximum Gasteiger partial charge on any atom is 0.326 e. The molecule has 2 aromatic heterocycles. The van der Waals surface area contributed by atoms with E-state index in [1.807, 2.05) is 48.5 Å². The van der Waals surface area contributed by atoms with Gasteiger partial charge in [-0.2, -0.15) is 0 Å². The van der Waals surface area contributed by atoms with E-state index in [0.717, 1.165) is 32.9 Å². The first kappa shape index (κ1) is 28.4. The van der Waals surface area contributed by atoms with E-state index in [1.54, 1.807) is 26.2 Å². The monoisotopic (exact) mass is 546 g/mol. The van der Waals surface area contributed by atoms with Crippen molar-refractivity contribution in [1.82, 2.24) is 25.9 Å². The summed E-state index contributed by atoms with van der Waals surface area (Å²) in [6, 6.07) is 12.1. The standard InChI is InChI=1S/C29H34N6O5/c1-16(2)26(29(39)40)35-28(38)24(12-18-14-32-23-10-6-4-8-20(18)23)34-25(36)15-33-27(37)21(30)11-17-13-31-22-9-5-3-7-19(17)22/h3-10,13-14,16,21,24,26,31-32H,11-12,15,30H2,1-2H3,(H,33,37)(H,34,36)(H,35,38)(H,39,40). The van der Waals surface area contributed by atoms with Crippen LogP contribution in [0.2, 0.25) is 0 Å². The molecule has 0 bridgehead atoms. The molecule has 8 N–H and O–H groups in total. The fourth-order valence-corrected chi connectivity index (χ4v) is 4.67. The van der Waals surface area contributed by atoms with Gasteiger partial charge >= 0.3 is 5.97 Å². The summed E-state index contributed by atoms with van der Waals surface area (Å²) in [7, 11) is 0. The number of carboxylic acids is 1. The van der Waals surface area contributed by atoms with Crippen LogP contribution < -0.4 is 21.7 Å². The molecule has 0 aliphatic carbocycles. The number of aliphatic carboxylic acids is 1. The number of para-hydroxylation sites is 2. The van der Waals surface area contributed by atoms with Crippen LogP contribution in [0.15, 0.2) is 60.9 Å². The molecule has 11 nitrogen and oxygen atoms in total. The Morgan fingerprint density at radius 3 is 1.93 bits per heavy atom. The summed E-state index contributed by atoms with van der Waals surface area (Å²) in [5.41, 5.74) is 9.57. The number of H-pyrrole nitrogens is 2. The van der Waals surface area contributed by atoms with E-state index in [4.69, 9.17) is 5.73 Å². The Hall–Kier alpha value is -4.64. The minimum atomic E-state index is -1.17. The van der Waals surface area contributed by atoms with Crippen LogP contribution in [0, 0.1) is 5.92 Å². The van der Waals surface area contributed by atoms with Gasteiger partial charge in [0.05, 0.1) is 12.6 Å². The summed E-state index contributed by atoms with van der Waals surface area (Å²) in [5, 5.41) is 19.1. The van der Waals surface area contributed by atoms with Crippen molar-refractivity contribution in [2.75, 3.05) is 6.54 Å². The lowest BCUT2D eigenvalue weighted by Gasteiger charge is -2.23. The molecule has 4 aromatic rings. The molecular formula is C29H34N6O5. The third-order valence-corrected chi connectivity index (χ3v) is 6.86. The summed E-state index contributed by atoms with van der Waals surface area (Å²) in [4.78, 5) is 56.6. The summed E-state index contributed by atoms with van der Waals surface area (Å²) in [6.07, 6.45) is 3.94. The van der Waals surface area contributed by atoms with Crippen molar-refractivity contribution >= 4 is 45.5 Å². The summed E-state index contributed by atoms with van der Waals surface area (Å²) < 4.78 is 0. The molecule has 4 rings (SSSR count). The van der Waals surface area contributed by atoms with Crippen molar-refractivity contribution < 1.29 is 24.3 Å². The van der Waals surface area contributed by atoms with Gasteiger partial charge in [-0.3, -0.25) is 14.4 Å². The number of aromatic nitrogens is 2. The van der Waals surface area contributed by atoms with E-state index >= 15 is 0 Å². The molecule has 2 heterocycles. The number of nitrogens with two attached hydrogens (primary N) is 1. The molecule has 40 heavy (non-hydrogen) atoms. The Kier molecular flexibility index (Phi) is 8.85. The second kappa shape index (κ2) is 12.5. The Bertz CT molecular complexity index is 1520. The van der Waals surface area contributed by atoms with Gasteiger partial charge in [0.2, 0.25) is 17.7 Å². The second-order valence-corrected chi connectivity index (χ2v) is 10.1. The van der Waals surface area contributed by atoms with Crippen molar-refractivity contribution in [3.05, 3.63) is 72.1 Å². The van der Waals surface area contributed by atoms with Gasteiger partial charge in [0.15, 0.2) is 0 Å². The van der Waals surface area contributed by atoms with Gasteiger partial charge in [-0.15, -0.1) is 0 Å². The molecule has 3 unspecified atom stereocenters. The third-order valence-electron chi connectivity index (χ3n) is 6.86. The molecule has 2 aromatic carbocycles. The predicted molar refractivity (Wildman–Crippen MR) is 151 cm³/mol. The van der Waals surface area contributed by atoms with Crippen LogP contribution in [-0.2, 0) is 32.0 Å². The zero-order valence-electron chi connectivity index (χ0n) is 22.4. The quantitative estimate of drug-likeness (QED) is 0.142. The van der Waals surface area contributed by atoms with E-state index in [1.165, 1.54) is 0 Å². The number of benzene rings is 2. The maximum absolute atomic E-state index is 13.2. The van der Waals surface area contributed by atoms with Crippen LogP contribution in [0.1, 0.15) is 25.0 Å². The van der Waals surface area contributed by atoms with Gasteiger partial charge in [0, 0.05) is 40.6 Å². The van der Waals surface area contributed by atoms with E-state index < -0.39 is 48.4 Å². The van der Waals surface area contributed by atoms with Crippen molar-refractivity contribution in [2.45, 2.75) is 44.8 Å². The summed E-state index contributed by atoms with van der Waals surface area (Å²) in [5.74, 6) is -3.30. The largest absolute Gasteiger partial charge is 0.480 e. The van der Waals surface area contributed by atoms with Gasteiger partial charge in [-0.1, -0.05) is 50.2 Å². The molecule has 11 heteroatoms. The maximum atomic E-state index is 13.2. The van der Waals surface area contributed by atoms with Gasteiger partial charge in [-0.25, -0.2) is 4.79 Å². The minimum Gasteiger partial charge on any atom is -0.480 e. The molecular weight excluding hydrogens is 512 g/mol. The number of carboxylic acid groups (broad SMARTS) is 1. The first-order chi connectivity index (χ1) is 19.1. The topological polar surface area (TPSA) is 182 Å². The average Bonchev–Trinajstić information content (AvgIpc) is 3.53. The fourth-order valence-electron chi connectivity index (χ4n) is 4.67. The highest BCUT2D eigenvalue weighted by atomic mass is 16.4. The van der Waals surface area contributed by atoms with Gasteiger partial charge in [-0.05, 0) is 35.6 Å². The molecule has 0 saturated carbocycles. The first-order valence-corrected chi connectivity index (χ1v) is 13.1. The molecule has 0 saturated heterocycles. The number of nitrogens with one attached hydrogen (secondary N) is 5. The Morgan fingerprint density at radius 1 is 0.825 bits per heavy atom. The van der Waals surface area contributed by atoms with E-state index in [2.05, 4.69) is 25.9 Å². The Morgan fingerprint density at radius 2 is 1.38 bits per heavy atom. The number of hydrogen-bond donors (Lipinski definition) is 7. The fraction of sp³-hybridized carbons (Fsp3) is 0.310. The Labute approximate surface area is 230 Å². The van der Waals surface area contributed by atoms with Crippen molar-refractivity contribution in [3.8, 4) is 0 Å². The molecule has 0 aliphatic heterocycles. The average molecular weight is 547 g/mol. The van der Waals surface area contributed by atoms with Crippen LogP contribution in [0.5, 0.6) is 0 Å². The van der Waals surface area contributed by atoms with Gasteiger partial charge < -0.3 is 36.8 Å². The molecule has 210 valence electrons. The summed E-state index contributed by atoms with van der Waals surface area (Å²) in [6.45, 7) is 2.97. The number of amides is 3. The first-order valence-electron chi connectivity index (χ1n) is 13.1. The number of hydrogen-bond acceptors (Lipinski definition) is 5. The van der Waals surface area contributed by atoms with Crippen molar-refractivity contribution in [3.63, 3.8) is 0 Å². The highest BCUT2D eigenvalue weighted by Crippen LogP contribution is 2.20. The smallest absolute Gasteiger partial charge is 0.326 e. The second-order valence-electron chi connectivity index (χ2n) is 10.1. The van der Waals surface area contributed by atoms with Crippen LogP contribution >= 0.6 is 0 Å². The highest BCUT2D eigenvalue weighted by Gasteiger charge is 2.29. The van der Waals surface area contributed by atoms with E-state index in [9.17, 15) is 24.3 Å². The van der Waals surface area contributed by atoms with Crippen molar-refractivity contribution in [1.29, 1.82) is 0 Å². The van der Waals surface area contributed by atoms with Gasteiger partial charge in [0.1, 0.15) is 12.1 Å². The number of fused-ring (bicyclic) bond motifs is 2. The highest BCUT2D eigenvalue weighted by molar-refractivity contribution is 5.94. The molecule has 3 amide bonds. The Balaban J connectivity index is 1.41. The lowest BCUT2D eigenvalue weighted by Crippen LogP contribution is -2.55. The summed E-state index contributed by atoms with van der Waals surface area (Å²) >= 11 is 0. The zero-order valence-corrected chi connectivity index (χ0v) is 22.4. The van der Waals surface area contributed by atoms with Crippen LogP contribution in [-0.4, -0.2) is 63.4 Å². The predicted octanol–water partition coefficient (Wildman–Crippen LogP) is 1.59. The SMILES string of the molecule is CC(C)C(NC(=O)C(Cc1c[nH]c2ccccc12)NC(=O)CNC(=O)C(N)Cc1c[nH]c2ccccc12)C(=O)O. The van der Waals surface area contributed by atoms with E-state index in [0.29, 0.717) is 0 Å². The van der Waals surface area contributed by atoms with E-state index in [-0.39, 0.29) is 18.8 Å². The molecule has 0 aliphatic rings. The molecule has 0 radical (unpaired) electrons. The lowest BCUT2D eigenvalue weighted by atomic mass is 10.0. The molecule has 0 fully saturated rings. The number of aromatic amines is 2. The van der Waals surface area contributed by atoms with Crippen molar-refractivity contribution in [2.24, 2.45) is 11.7 Å². The van der Waals surface area contributed by atoms with Crippen LogP contribution in [0.25, 0.3) is 21.8 Å². The zero-order chi connectivity index (χ0) is 28.8. The van der Waals surface area contributed by atoms with Crippen LogP contribution in [0.3, 0.4) is 0 Å².